The molecule has 3 heterocycles. The van der Waals surface area contributed by atoms with Gasteiger partial charge >= 0.3 is 0 Å². The minimum atomic E-state index is -0.503. The number of halogens is 1. The van der Waals surface area contributed by atoms with E-state index in [0.29, 0.717) is 56.3 Å². The van der Waals surface area contributed by atoms with Crippen molar-refractivity contribution < 1.29 is 13.7 Å². The van der Waals surface area contributed by atoms with E-state index in [4.69, 9.17) is 14.5 Å². The van der Waals surface area contributed by atoms with Crippen LogP contribution in [0.5, 0.6) is 0 Å². The average Bonchev–Trinajstić information content (AvgIpc) is 3.30. The van der Waals surface area contributed by atoms with E-state index in [2.05, 4.69) is 65.5 Å². The average molecular weight is 572 g/mol. The number of rotatable bonds is 5. The second kappa shape index (κ2) is 11.3. The standard InChI is InChI=1S/C35H30FN5O2/c1-23-11-13-24(14-12-23)21-30-37-33(40-17-6-18-41(20-19-40)35(42)28-9-4-5-10-29(28)36)31-32(39-43-34(31)38-30)27-16-15-25-7-2-3-8-26(25)22-27/h2-5,7-16,22H,6,17-21H2,1H3. The highest BCUT2D eigenvalue weighted by atomic mass is 19.1. The first-order valence-corrected chi connectivity index (χ1v) is 14.5. The molecular formula is C35H30FN5O2. The molecule has 1 amide bonds. The number of hydrogen-bond acceptors (Lipinski definition) is 6. The van der Waals surface area contributed by atoms with E-state index in [9.17, 15) is 9.18 Å². The number of aryl methyl sites for hydroxylation is 1. The second-order valence-corrected chi connectivity index (χ2v) is 11.0. The van der Waals surface area contributed by atoms with Crippen LogP contribution in [0, 0.1) is 12.7 Å². The van der Waals surface area contributed by atoms with E-state index < -0.39 is 5.82 Å². The van der Waals surface area contributed by atoms with E-state index >= 15 is 0 Å². The van der Waals surface area contributed by atoms with E-state index in [1.165, 1.54) is 11.6 Å². The van der Waals surface area contributed by atoms with Gasteiger partial charge in [-0.3, -0.25) is 4.79 Å². The third kappa shape index (κ3) is 5.32. The molecule has 4 aromatic carbocycles. The normalized spacial score (nSPS) is 13.9. The van der Waals surface area contributed by atoms with Gasteiger partial charge in [-0.15, -0.1) is 0 Å². The Labute approximate surface area is 248 Å². The van der Waals surface area contributed by atoms with Crippen molar-refractivity contribution in [2.45, 2.75) is 19.8 Å². The van der Waals surface area contributed by atoms with Crippen molar-refractivity contribution >= 4 is 33.6 Å². The molecule has 1 saturated heterocycles. The van der Waals surface area contributed by atoms with Crippen molar-refractivity contribution in [3.63, 3.8) is 0 Å². The number of carbonyl (C=O) groups is 1. The van der Waals surface area contributed by atoms with Crippen LogP contribution in [0.1, 0.15) is 33.7 Å². The summed E-state index contributed by atoms with van der Waals surface area (Å²) in [6.45, 7) is 4.21. The van der Waals surface area contributed by atoms with Gasteiger partial charge in [0.15, 0.2) is 0 Å². The van der Waals surface area contributed by atoms with E-state index in [1.54, 1.807) is 23.1 Å². The van der Waals surface area contributed by atoms with Crippen LogP contribution in [-0.4, -0.2) is 52.1 Å². The molecule has 0 N–H and O–H groups in total. The highest BCUT2D eigenvalue weighted by Gasteiger charge is 2.27. The lowest BCUT2D eigenvalue weighted by atomic mass is 10.0. The molecule has 1 fully saturated rings. The molecule has 1 aliphatic heterocycles. The molecule has 0 atom stereocenters. The van der Waals surface area contributed by atoms with Crippen molar-refractivity contribution in [2.24, 2.45) is 0 Å². The zero-order valence-electron chi connectivity index (χ0n) is 23.8. The van der Waals surface area contributed by atoms with Gasteiger partial charge in [0.05, 0.1) is 5.56 Å². The van der Waals surface area contributed by atoms with Crippen LogP contribution in [0.15, 0.2) is 95.5 Å². The number of benzene rings is 4. The minimum absolute atomic E-state index is 0.0957. The summed E-state index contributed by atoms with van der Waals surface area (Å²) in [6, 6.07) is 28.9. The van der Waals surface area contributed by atoms with Gasteiger partial charge in [0.2, 0.25) is 0 Å². The third-order valence-corrected chi connectivity index (χ3v) is 8.06. The van der Waals surface area contributed by atoms with Gasteiger partial charge in [-0.2, -0.15) is 4.98 Å². The summed E-state index contributed by atoms with van der Waals surface area (Å²) in [5.41, 5.74) is 4.41. The molecule has 0 aliphatic carbocycles. The van der Waals surface area contributed by atoms with E-state index in [0.717, 1.165) is 33.1 Å². The number of hydrogen-bond donors (Lipinski definition) is 0. The maximum Gasteiger partial charge on any atom is 0.263 e. The molecule has 214 valence electrons. The predicted octanol–water partition coefficient (Wildman–Crippen LogP) is 6.83. The van der Waals surface area contributed by atoms with Gasteiger partial charge in [0.25, 0.3) is 11.6 Å². The van der Waals surface area contributed by atoms with Crippen LogP contribution < -0.4 is 4.90 Å². The fraction of sp³-hybridized carbons (Fsp3) is 0.200. The number of amides is 1. The first-order valence-electron chi connectivity index (χ1n) is 14.5. The molecule has 43 heavy (non-hydrogen) atoms. The van der Waals surface area contributed by atoms with Crippen LogP contribution >= 0.6 is 0 Å². The highest BCUT2D eigenvalue weighted by molar-refractivity contribution is 6.00. The SMILES string of the molecule is Cc1ccc(Cc2nc(N3CCCN(C(=O)c4ccccc4F)CC3)c3c(-c4ccc5ccccc5c4)noc3n2)cc1. The summed E-state index contributed by atoms with van der Waals surface area (Å²) < 4.78 is 20.3. The first-order chi connectivity index (χ1) is 21.0. The van der Waals surface area contributed by atoms with Crippen molar-refractivity contribution in [2.75, 3.05) is 31.1 Å². The molecule has 7 nitrogen and oxygen atoms in total. The number of fused-ring (bicyclic) bond motifs is 2. The lowest BCUT2D eigenvalue weighted by molar-refractivity contribution is 0.0762. The summed E-state index contributed by atoms with van der Waals surface area (Å²) in [4.78, 5) is 27.0. The summed E-state index contributed by atoms with van der Waals surface area (Å²) in [6.07, 6.45) is 1.25. The van der Waals surface area contributed by atoms with E-state index in [1.807, 2.05) is 18.2 Å². The first kappa shape index (κ1) is 26.8. The Morgan fingerprint density at radius 1 is 0.860 bits per heavy atom. The molecule has 6 aromatic rings. The molecule has 7 rings (SSSR count). The Morgan fingerprint density at radius 2 is 1.65 bits per heavy atom. The molecule has 0 radical (unpaired) electrons. The number of aromatic nitrogens is 3. The molecule has 0 bridgehead atoms. The molecular weight excluding hydrogens is 541 g/mol. The van der Waals surface area contributed by atoms with Crippen molar-refractivity contribution in [1.29, 1.82) is 0 Å². The summed E-state index contributed by atoms with van der Waals surface area (Å²) >= 11 is 0. The third-order valence-electron chi connectivity index (χ3n) is 8.06. The Balaban J connectivity index is 1.28. The second-order valence-electron chi connectivity index (χ2n) is 11.0. The van der Waals surface area contributed by atoms with E-state index in [-0.39, 0.29) is 11.5 Å². The highest BCUT2D eigenvalue weighted by Crippen LogP contribution is 2.35. The van der Waals surface area contributed by atoms with Crippen molar-refractivity contribution in [1.82, 2.24) is 20.0 Å². The van der Waals surface area contributed by atoms with Crippen LogP contribution in [0.3, 0.4) is 0 Å². The fourth-order valence-electron chi connectivity index (χ4n) is 5.75. The van der Waals surface area contributed by atoms with Crippen LogP contribution in [0.2, 0.25) is 0 Å². The Morgan fingerprint density at radius 3 is 2.49 bits per heavy atom. The molecule has 1 aliphatic rings. The largest absolute Gasteiger partial charge is 0.354 e. The maximum atomic E-state index is 14.4. The minimum Gasteiger partial charge on any atom is -0.354 e. The van der Waals surface area contributed by atoms with Crippen LogP contribution in [-0.2, 0) is 6.42 Å². The summed E-state index contributed by atoms with van der Waals surface area (Å²) in [5.74, 6) is 0.568. The molecule has 2 aromatic heterocycles. The lowest BCUT2D eigenvalue weighted by Gasteiger charge is -2.24. The van der Waals surface area contributed by atoms with Crippen LogP contribution in [0.4, 0.5) is 10.2 Å². The van der Waals surface area contributed by atoms with Gasteiger partial charge in [0.1, 0.15) is 28.5 Å². The Bertz CT molecular complexity index is 1950. The van der Waals surface area contributed by atoms with Gasteiger partial charge in [-0.1, -0.05) is 83.5 Å². The zero-order chi connectivity index (χ0) is 29.3. The Hall–Kier alpha value is -5.11. The predicted molar refractivity (Wildman–Crippen MR) is 166 cm³/mol. The number of nitrogens with zero attached hydrogens (tertiary/aromatic N) is 5. The fourth-order valence-corrected chi connectivity index (χ4v) is 5.75. The topological polar surface area (TPSA) is 75.4 Å². The van der Waals surface area contributed by atoms with Gasteiger partial charge in [-0.25, -0.2) is 9.37 Å². The van der Waals surface area contributed by atoms with Gasteiger partial charge in [0, 0.05) is 38.2 Å². The number of carbonyl (C=O) groups excluding carboxylic acids is 1. The summed E-state index contributed by atoms with van der Waals surface area (Å²) in [5, 5.41) is 7.49. The van der Waals surface area contributed by atoms with Gasteiger partial charge < -0.3 is 14.3 Å². The molecule has 0 saturated carbocycles. The molecule has 0 spiro atoms. The maximum absolute atomic E-state index is 14.4. The van der Waals surface area contributed by atoms with Crippen molar-refractivity contribution in [3.8, 4) is 11.3 Å². The van der Waals surface area contributed by atoms with Crippen LogP contribution in [0.25, 0.3) is 33.1 Å². The summed E-state index contributed by atoms with van der Waals surface area (Å²) in [7, 11) is 0. The Kier molecular flexibility index (Phi) is 7.02. The number of anilines is 1. The molecule has 8 heteroatoms. The lowest BCUT2D eigenvalue weighted by Crippen LogP contribution is -2.36. The quantitative estimate of drug-likeness (QED) is 0.226. The molecule has 0 unspecified atom stereocenters. The zero-order valence-corrected chi connectivity index (χ0v) is 23.8. The monoisotopic (exact) mass is 571 g/mol. The van der Waals surface area contributed by atoms with Gasteiger partial charge in [-0.05, 0) is 47.9 Å². The van der Waals surface area contributed by atoms with Crippen molar-refractivity contribution in [3.05, 3.63) is 119 Å². The smallest absolute Gasteiger partial charge is 0.263 e.